The lowest BCUT2D eigenvalue weighted by Crippen LogP contribution is -2.07. The number of hydrogen-bond acceptors (Lipinski definition) is 2. The quantitative estimate of drug-likeness (QED) is 0.334. The van der Waals surface area contributed by atoms with Crippen molar-refractivity contribution < 1.29 is 17.9 Å². The molecule has 3 aromatic rings. The first-order valence-corrected chi connectivity index (χ1v) is 10.3. The second kappa shape index (κ2) is 10.3. The molecule has 0 radical (unpaired) electrons. The van der Waals surface area contributed by atoms with Crippen molar-refractivity contribution in [3.8, 4) is 28.0 Å². The van der Waals surface area contributed by atoms with Gasteiger partial charge in [0.05, 0.1) is 6.61 Å². The lowest BCUT2D eigenvalue weighted by Gasteiger charge is -2.09. The fourth-order valence-corrected chi connectivity index (χ4v) is 3.23. The third-order valence-corrected chi connectivity index (χ3v) is 4.98. The van der Waals surface area contributed by atoms with Crippen molar-refractivity contribution in [2.45, 2.75) is 45.2 Å². The molecule has 2 aromatic carbocycles. The van der Waals surface area contributed by atoms with Gasteiger partial charge in [-0.3, -0.25) is 4.98 Å². The van der Waals surface area contributed by atoms with Crippen LogP contribution in [0.3, 0.4) is 0 Å². The van der Waals surface area contributed by atoms with Gasteiger partial charge in [0.15, 0.2) is 0 Å². The van der Waals surface area contributed by atoms with Gasteiger partial charge < -0.3 is 4.74 Å². The van der Waals surface area contributed by atoms with Crippen LogP contribution in [0.1, 0.15) is 44.7 Å². The van der Waals surface area contributed by atoms with Crippen LogP contribution < -0.4 is 4.74 Å². The van der Waals surface area contributed by atoms with Crippen LogP contribution >= 0.6 is 0 Å². The molecule has 0 fully saturated rings. The van der Waals surface area contributed by atoms with E-state index in [4.69, 9.17) is 4.74 Å². The number of ether oxygens (including phenoxy) is 1. The summed E-state index contributed by atoms with van der Waals surface area (Å²) in [6, 6.07) is 18.1. The van der Waals surface area contributed by atoms with Gasteiger partial charge in [0.25, 0.3) is 0 Å². The number of pyridine rings is 1. The van der Waals surface area contributed by atoms with Crippen LogP contribution in [0.4, 0.5) is 13.2 Å². The normalized spacial score (nSPS) is 11.5. The van der Waals surface area contributed by atoms with Crippen molar-refractivity contribution in [3.63, 3.8) is 0 Å². The van der Waals surface area contributed by atoms with E-state index in [1.807, 2.05) is 48.5 Å². The Balaban J connectivity index is 1.58. The molecule has 0 unspecified atom stereocenters. The van der Waals surface area contributed by atoms with Crippen molar-refractivity contribution in [3.05, 3.63) is 72.6 Å². The monoisotopic (exact) mass is 413 g/mol. The predicted octanol–water partition coefficient (Wildman–Crippen LogP) is 7.78. The molecule has 0 aliphatic carbocycles. The topological polar surface area (TPSA) is 22.1 Å². The zero-order valence-electron chi connectivity index (χ0n) is 17.1. The van der Waals surface area contributed by atoms with E-state index in [0.29, 0.717) is 5.56 Å². The first-order chi connectivity index (χ1) is 14.5. The van der Waals surface area contributed by atoms with Gasteiger partial charge in [0.2, 0.25) is 0 Å². The van der Waals surface area contributed by atoms with E-state index in [2.05, 4.69) is 11.9 Å². The van der Waals surface area contributed by atoms with Gasteiger partial charge >= 0.3 is 6.18 Å². The molecule has 0 aliphatic rings. The van der Waals surface area contributed by atoms with Crippen LogP contribution in [0.15, 0.2) is 66.9 Å². The third-order valence-electron chi connectivity index (χ3n) is 4.98. The highest BCUT2D eigenvalue weighted by atomic mass is 19.4. The Labute approximate surface area is 175 Å². The van der Waals surface area contributed by atoms with Gasteiger partial charge in [-0.25, -0.2) is 0 Å². The molecule has 0 aliphatic heterocycles. The van der Waals surface area contributed by atoms with E-state index in [1.54, 1.807) is 0 Å². The fourth-order valence-electron chi connectivity index (χ4n) is 3.23. The minimum absolute atomic E-state index is 0.650. The Morgan fingerprint density at radius 3 is 1.77 bits per heavy atom. The molecule has 0 saturated carbocycles. The molecule has 1 heterocycles. The molecule has 0 N–H and O–H groups in total. The first-order valence-electron chi connectivity index (χ1n) is 10.3. The van der Waals surface area contributed by atoms with Crippen LogP contribution in [0.2, 0.25) is 0 Å². The van der Waals surface area contributed by atoms with Crippen LogP contribution in [0.25, 0.3) is 22.3 Å². The predicted molar refractivity (Wildman–Crippen MR) is 114 cm³/mol. The second-order valence-electron chi connectivity index (χ2n) is 7.29. The summed E-state index contributed by atoms with van der Waals surface area (Å²) in [5.74, 6) is 0.863. The molecule has 5 heteroatoms. The summed E-state index contributed by atoms with van der Waals surface area (Å²) in [5.41, 5.74) is 2.68. The summed E-state index contributed by atoms with van der Waals surface area (Å²) in [4.78, 5) is 3.52. The van der Waals surface area contributed by atoms with Crippen LogP contribution in [0, 0.1) is 0 Å². The minimum Gasteiger partial charge on any atom is -0.494 e. The molecule has 3 rings (SSSR count). The van der Waals surface area contributed by atoms with Gasteiger partial charge in [0.1, 0.15) is 11.4 Å². The number of nitrogens with zero attached hydrogens (tertiary/aromatic N) is 1. The maximum atomic E-state index is 12.7. The first kappa shape index (κ1) is 21.9. The smallest absolute Gasteiger partial charge is 0.433 e. The third kappa shape index (κ3) is 6.09. The molecule has 30 heavy (non-hydrogen) atoms. The van der Waals surface area contributed by atoms with Crippen molar-refractivity contribution >= 4 is 0 Å². The SMILES string of the molecule is CCCCCCCOc1ccc(-c2ccc(-c3ccc(C(F)(F)F)nc3)cc2)cc1. The second-order valence-corrected chi connectivity index (χ2v) is 7.29. The summed E-state index contributed by atoms with van der Waals surface area (Å²) in [5, 5.41) is 0. The molecular formula is C25H26F3NO. The molecule has 0 spiro atoms. The van der Waals surface area contributed by atoms with Crippen molar-refractivity contribution in [2.75, 3.05) is 6.61 Å². The maximum absolute atomic E-state index is 12.7. The molecule has 1 aromatic heterocycles. The Kier molecular flexibility index (Phi) is 7.50. The molecule has 0 atom stereocenters. The van der Waals surface area contributed by atoms with Gasteiger partial charge in [-0.05, 0) is 41.3 Å². The average molecular weight is 413 g/mol. The highest BCUT2D eigenvalue weighted by Crippen LogP contribution is 2.30. The molecule has 158 valence electrons. The van der Waals surface area contributed by atoms with Crippen molar-refractivity contribution in [1.29, 1.82) is 0 Å². The zero-order valence-corrected chi connectivity index (χ0v) is 17.1. The van der Waals surface area contributed by atoms with E-state index in [1.165, 1.54) is 37.9 Å². The van der Waals surface area contributed by atoms with Crippen LogP contribution in [-0.4, -0.2) is 11.6 Å². The lowest BCUT2D eigenvalue weighted by atomic mass is 10.0. The molecule has 2 nitrogen and oxygen atoms in total. The fraction of sp³-hybridized carbons (Fsp3) is 0.320. The van der Waals surface area contributed by atoms with Gasteiger partial charge in [0, 0.05) is 11.8 Å². The summed E-state index contributed by atoms with van der Waals surface area (Å²) in [7, 11) is 0. The van der Waals surface area contributed by atoms with E-state index >= 15 is 0 Å². The Hall–Kier alpha value is -2.82. The summed E-state index contributed by atoms with van der Waals surface area (Å²) >= 11 is 0. The van der Waals surface area contributed by atoms with Crippen LogP contribution in [0.5, 0.6) is 5.75 Å². The zero-order chi connectivity index (χ0) is 21.4. The van der Waals surface area contributed by atoms with Crippen molar-refractivity contribution in [2.24, 2.45) is 0 Å². The number of hydrogen-bond donors (Lipinski definition) is 0. The number of halogens is 3. The standard InChI is InChI=1S/C25H26F3NO/c1-2-3-4-5-6-17-30-23-14-11-20(12-15-23)19-7-9-21(10-8-19)22-13-16-24(29-18-22)25(26,27)28/h7-16,18H,2-6,17H2,1H3. The van der Waals surface area contributed by atoms with Crippen LogP contribution in [-0.2, 0) is 6.18 Å². The van der Waals surface area contributed by atoms with Gasteiger partial charge in [-0.2, -0.15) is 13.2 Å². The minimum atomic E-state index is -4.42. The number of unbranched alkanes of at least 4 members (excludes halogenated alkanes) is 4. The van der Waals surface area contributed by atoms with E-state index in [9.17, 15) is 13.2 Å². The lowest BCUT2D eigenvalue weighted by molar-refractivity contribution is -0.141. The van der Waals surface area contributed by atoms with Gasteiger partial charge in [-0.1, -0.05) is 75.1 Å². The summed E-state index contributed by atoms with van der Waals surface area (Å²) in [6.45, 7) is 2.94. The number of alkyl halides is 3. The van der Waals surface area contributed by atoms with Crippen molar-refractivity contribution in [1.82, 2.24) is 4.98 Å². The average Bonchev–Trinajstić information content (AvgIpc) is 2.76. The highest BCUT2D eigenvalue weighted by Gasteiger charge is 2.32. The summed E-state index contributed by atoms with van der Waals surface area (Å²) < 4.78 is 43.8. The van der Waals surface area contributed by atoms with E-state index < -0.39 is 11.9 Å². The molecule has 0 saturated heterocycles. The summed E-state index contributed by atoms with van der Waals surface area (Å²) in [6.07, 6.45) is 2.89. The van der Waals surface area contributed by atoms with E-state index in [0.717, 1.165) is 41.5 Å². The molecular weight excluding hydrogens is 387 g/mol. The molecule has 0 bridgehead atoms. The highest BCUT2D eigenvalue weighted by molar-refractivity contribution is 5.70. The Morgan fingerprint density at radius 2 is 1.23 bits per heavy atom. The Morgan fingerprint density at radius 1 is 0.700 bits per heavy atom. The largest absolute Gasteiger partial charge is 0.494 e. The number of benzene rings is 2. The van der Waals surface area contributed by atoms with Gasteiger partial charge in [-0.15, -0.1) is 0 Å². The Bertz CT molecular complexity index is 901. The van der Waals surface area contributed by atoms with E-state index in [-0.39, 0.29) is 0 Å². The maximum Gasteiger partial charge on any atom is 0.433 e. The number of aromatic nitrogens is 1. The number of rotatable bonds is 9. The molecule has 0 amide bonds.